The minimum atomic E-state index is -2.87. The van der Waals surface area contributed by atoms with Crippen molar-refractivity contribution in [3.8, 4) is 5.75 Å². The summed E-state index contributed by atoms with van der Waals surface area (Å²) in [5.74, 6) is -1.06. The summed E-state index contributed by atoms with van der Waals surface area (Å²) in [5, 5.41) is 8.86. The minimum absolute atomic E-state index is 0.0578. The molecule has 0 aliphatic heterocycles. The summed E-state index contributed by atoms with van der Waals surface area (Å²) in [4.78, 5) is 24.3. The van der Waals surface area contributed by atoms with E-state index in [9.17, 15) is 18.4 Å². The second-order valence-corrected chi connectivity index (χ2v) is 5.58. The molecule has 0 unspecified atom stereocenters. The van der Waals surface area contributed by atoms with Crippen molar-refractivity contribution in [1.29, 1.82) is 0 Å². The van der Waals surface area contributed by atoms with Crippen LogP contribution in [0, 0.1) is 5.92 Å². The molecule has 0 heterocycles. The molecule has 0 aliphatic carbocycles. The largest absolute Gasteiger partial charge is 0.480 e. The molecule has 0 saturated heterocycles. The summed E-state index contributed by atoms with van der Waals surface area (Å²) in [6.45, 7) is 1.00. The van der Waals surface area contributed by atoms with E-state index in [2.05, 4.69) is 4.74 Å². The van der Waals surface area contributed by atoms with Gasteiger partial charge in [0.2, 0.25) is 5.91 Å². The standard InChI is InChI=1S/C16H21F2NO4/c1-11(2)9-19(10-15(21)22)14(20)8-5-12-3-6-13(7-4-12)23-16(17)18/h3-4,6-7,11,16H,5,8-10H2,1-2H3,(H,21,22). The monoisotopic (exact) mass is 329 g/mol. The SMILES string of the molecule is CC(C)CN(CC(=O)O)C(=O)CCc1ccc(OC(F)F)cc1. The molecule has 5 nitrogen and oxygen atoms in total. The highest BCUT2D eigenvalue weighted by atomic mass is 19.3. The average Bonchev–Trinajstić information content (AvgIpc) is 2.44. The number of hydrogen-bond acceptors (Lipinski definition) is 3. The summed E-state index contributed by atoms with van der Waals surface area (Å²) in [6, 6.07) is 6.04. The fourth-order valence-electron chi connectivity index (χ4n) is 2.11. The zero-order valence-corrected chi connectivity index (χ0v) is 13.2. The molecule has 0 radical (unpaired) electrons. The number of carbonyl (C=O) groups excluding carboxylic acids is 1. The van der Waals surface area contributed by atoms with Crippen LogP contribution in [0.4, 0.5) is 8.78 Å². The molecule has 0 saturated carbocycles. The Labute approximate surface area is 133 Å². The smallest absolute Gasteiger partial charge is 0.387 e. The first-order chi connectivity index (χ1) is 10.8. The van der Waals surface area contributed by atoms with Gasteiger partial charge >= 0.3 is 12.6 Å². The van der Waals surface area contributed by atoms with Gasteiger partial charge in [0.25, 0.3) is 0 Å². The van der Waals surface area contributed by atoms with E-state index in [-0.39, 0.29) is 30.5 Å². The number of benzene rings is 1. The van der Waals surface area contributed by atoms with Gasteiger partial charge in [0.15, 0.2) is 0 Å². The van der Waals surface area contributed by atoms with Crippen molar-refractivity contribution in [2.24, 2.45) is 5.92 Å². The van der Waals surface area contributed by atoms with E-state index in [1.54, 1.807) is 12.1 Å². The minimum Gasteiger partial charge on any atom is -0.480 e. The molecule has 1 amide bonds. The number of halogens is 2. The summed E-state index contributed by atoms with van der Waals surface area (Å²) in [7, 11) is 0. The molecule has 0 aromatic heterocycles. The fourth-order valence-corrected chi connectivity index (χ4v) is 2.11. The Morgan fingerprint density at radius 3 is 2.30 bits per heavy atom. The predicted molar refractivity (Wildman–Crippen MR) is 80.4 cm³/mol. The normalized spacial score (nSPS) is 10.9. The number of carbonyl (C=O) groups is 2. The van der Waals surface area contributed by atoms with Crippen LogP contribution in [-0.4, -0.2) is 41.6 Å². The Kier molecular flexibility index (Phi) is 7.44. The molecule has 0 bridgehead atoms. The van der Waals surface area contributed by atoms with E-state index in [0.717, 1.165) is 5.56 Å². The van der Waals surface area contributed by atoms with Crippen LogP contribution in [0.3, 0.4) is 0 Å². The average molecular weight is 329 g/mol. The molecule has 128 valence electrons. The fraction of sp³-hybridized carbons (Fsp3) is 0.500. The Morgan fingerprint density at radius 1 is 1.22 bits per heavy atom. The second kappa shape index (κ2) is 9.07. The highest BCUT2D eigenvalue weighted by molar-refractivity contribution is 5.81. The van der Waals surface area contributed by atoms with Gasteiger partial charge in [0.05, 0.1) is 0 Å². The maximum Gasteiger partial charge on any atom is 0.387 e. The van der Waals surface area contributed by atoms with Crippen LogP contribution >= 0.6 is 0 Å². The number of aliphatic carboxylic acids is 1. The second-order valence-electron chi connectivity index (χ2n) is 5.58. The number of ether oxygens (including phenoxy) is 1. The summed E-state index contributed by atoms with van der Waals surface area (Å²) >= 11 is 0. The number of nitrogens with zero attached hydrogens (tertiary/aromatic N) is 1. The van der Waals surface area contributed by atoms with E-state index in [1.807, 2.05) is 13.8 Å². The van der Waals surface area contributed by atoms with Crippen LogP contribution in [0.25, 0.3) is 0 Å². The Morgan fingerprint density at radius 2 is 1.83 bits per heavy atom. The molecule has 1 aromatic carbocycles. The zero-order chi connectivity index (χ0) is 17.4. The third-order valence-electron chi connectivity index (χ3n) is 3.04. The highest BCUT2D eigenvalue weighted by Crippen LogP contribution is 2.16. The van der Waals surface area contributed by atoms with Crippen molar-refractivity contribution < 1.29 is 28.2 Å². The van der Waals surface area contributed by atoms with Gasteiger partial charge in [-0.05, 0) is 30.0 Å². The molecule has 23 heavy (non-hydrogen) atoms. The first-order valence-electron chi connectivity index (χ1n) is 7.31. The van der Waals surface area contributed by atoms with Gasteiger partial charge in [-0.1, -0.05) is 26.0 Å². The van der Waals surface area contributed by atoms with E-state index in [1.165, 1.54) is 17.0 Å². The summed E-state index contributed by atoms with van der Waals surface area (Å²) in [6.07, 6.45) is 0.567. The van der Waals surface area contributed by atoms with Crippen molar-refractivity contribution in [3.63, 3.8) is 0 Å². The lowest BCUT2D eigenvalue weighted by atomic mass is 10.1. The lowest BCUT2D eigenvalue weighted by molar-refractivity contribution is -0.144. The van der Waals surface area contributed by atoms with Crippen LogP contribution in [-0.2, 0) is 16.0 Å². The van der Waals surface area contributed by atoms with Crippen LogP contribution in [0.1, 0.15) is 25.8 Å². The van der Waals surface area contributed by atoms with Gasteiger partial charge in [-0.2, -0.15) is 8.78 Å². The number of aryl methyl sites for hydroxylation is 1. The predicted octanol–water partition coefficient (Wildman–Crippen LogP) is 2.79. The first kappa shape index (κ1) is 18.9. The lowest BCUT2D eigenvalue weighted by Gasteiger charge is -2.22. The topological polar surface area (TPSA) is 66.8 Å². The first-order valence-corrected chi connectivity index (χ1v) is 7.31. The van der Waals surface area contributed by atoms with E-state index >= 15 is 0 Å². The van der Waals surface area contributed by atoms with Gasteiger partial charge in [0.1, 0.15) is 12.3 Å². The molecular formula is C16H21F2NO4. The molecule has 7 heteroatoms. The molecule has 1 N–H and O–H groups in total. The molecule has 0 spiro atoms. The van der Waals surface area contributed by atoms with Gasteiger partial charge in [-0.3, -0.25) is 9.59 Å². The van der Waals surface area contributed by atoms with Crippen molar-refractivity contribution in [1.82, 2.24) is 4.90 Å². The Bertz CT molecular complexity index is 517. The Balaban J connectivity index is 2.57. The van der Waals surface area contributed by atoms with E-state index in [4.69, 9.17) is 5.11 Å². The highest BCUT2D eigenvalue weighted by Gasteiger charge is 2.17. The number of hydrogen-bond donors (Lipinski definition) is 1. The van der Waals surface area contributed by atoms with Gasteiger partial charge in [-0.25, -0.2) is 0 Å². The molecule has 0 aliphatic rings. The summed E-state index contributed by atoms with van der Waals surface area (Å²) < 4.78 is 28.4. The number of alkyl halides is 2. The van der Waals surface area contributed by atoms with Gasteiger partial charge in [-0.15, -0.1) is 0 Å². The third-order valence-corrected chi connectivity index (χ3v) is 3.04. The van der Waals surface area contributed by atoms with Crippen molar-refractivity contribution in [3.05, 3.63) is 29.8 Å². The third kappa shape index (κ3) is 7.58. The molecule has 0 atom stereocenters. The molecule has 1 rings (SSSR count). The zero-order valence-electron chi connectivity index (χ0n) is 13.2. The van der Waals surface area contributed by atoms with Gasteiger partial charge < -0.3 is 14.7 Å². The van der Waals surface area contributed by atoms with Crippen molar-refractivity contribution >= 4 is 11.9 Å². The van der Waals surface area contributed by atoms with E-state index < -0.39 is 12.6 Å². The van der Waals surface area contributed by atoms with Crippen LogP contribution < -0.4 is 4.74 Å². The maximum absolute atomic E-state index is 12.1. The lowest BCUT2D eigenvalue weighted by Crippen LogP contribution is -2.38. The van der Waals surface area contributed by atoms with Crippen LogP contribution in [0.15, 0.2) is 24.3 Å². The van der Waals surface area contributed by atoms with E-state index in [0.29, 0.717) is 13.0 Å². The van der Waals surface area contributed by atoms with Crippen molar-refractivity contribution in [2.75, 3.05) is 13.1 Å². The number of carboxylic acid groups (broad SMARTS) is 1. The molecule has 1 aromatic rings. The van der Waals surface area contributed by atoms with Crippen LogP contribution in [0.2, 0.25) is 0 Å². The Hall–Kier alpha value is -2.18. The van der Waals surface area contributed by atoms with Gasteiger partial charge in [0, 0.05) is 13.0 Å². The maximum atomic E-state index is 12.1. The molecule has 0 fully saturated rings. The van der Waals surface area contributed by atoms with Crippen molar-refractivity contribution in [2.45, 2.75) is 33.3 Å². The summed E-state index contributed by atoms with van der Waals surface area (Å²) in [5.41, 5.74) is 0.791. The quantitative estimate of drug-likeness (QED) is 0.756. The van der Waals surface area contributed by atoms with Crippen LogP contribution in [0.5, 0.6) is 5.75 Å². The number of rotatable bonds is 9. The number of amides is 1. The number of carboxylic acids is 1. The molecular weight excluding hydrogens is 308 g/mol.